The summed E-state index contributed by atoms with van der Waals surface area (Å²) in [4.78, 5) is 24.4. The molecule has 0 bridgehead atoms. The van der Waals surface area contributed by atoms with Gasteiger partial charge in [-0.2, -0.15) is 0 Å². The van der Waals surface area contributed by atoms with Crippen LogP contribution >= 0.6 is 0 Å². The molecule has 1 heterocycles. The first-order valence-electron chi connectivity index (χ1n) is 5.29. The Morgan fingerprint density at radius 1 is 1.53 bits per heavy atom. The van der Waals surface area contributed by atoms with Gasteiger partial charge >= 0.3 is 5.69 Å². The summed E-state index contributed by atoms with van der Waals surface area (Å²) in [5, 5.41) is 18.6. The summed E-state index contributed by atoms with van der Waals surface area (Å²) in [6, 6.07) is 0.375. The molecule has 94 valence electrons. The number of halogens is 1. The molecule has 17 heavy (non-hydrogen) atoms. The average Bonchev–Trinajstić information content (AvgIpc) is 2.57. The average molecular weight is 244 g/mol. The molecule has 1 fully saturated rings. The number of H-pyrrole nitrogens is 1. The summed E-state index contributed by atoms with van der Waals surface area (Å²) in [7, 11) is 0. The van der Waals surface area contributed by atoms with E-state index in [-0.39, 0.29) is 13.0 Å². The van der Waals surface area contributed by atoms with Crippen LogP contribution in [0.4, 0.5) is 4.39 Å². The van der Waals surface area contributed by atoms with E-state index >= 15 is 0 Å². The quantitative estimate of drug-likeness (QED) is 0.608. The molecule has 1 aliphatic rings. The van der Waals surface area contributed by atoms with E-state index < -0.39 is 35.5 Å². The van der Waals surface area contributed by atoms with Gasteiger partial charge in [0.25, 0.3) is 5.56 Å². The lowest BCUT2D eigenvalue weighted by atomic mass is 10.1. The van der Waals surface area contributed by atoms with Crippen molar-refractivity contribution in [3.63, 3.8) is 0 Å². The number of hydrogen-bond donors (Lipinski definition) is 3. The summed E-state index contributed by atoms with van der Waals surface area (Å²) >= 11 is 0. The van der Waals surface area contributed by atoms with Crippen LogP contribution < -0.4 is 11.2 Å². The molecule has 7 heteroatoms. The Morgan fingerprint density at radius 2 is 2.24 bits per heavy atom. The van der Waals surface area contributed by atoms with Crippen LogP contribution in [0.15, 0.2) is 21.9 Å². The van der Waals surface area contributed by atoms with E-state index in [9.17, 15) is 19.1 Å². The minimum absolute atomic E-state index is 0.158. The lowest BCUT2D eigenvalue weighted by molar-refractivity contribution is 0.0494. The van der Waals surface area contributed by atoms with Gasteiger partial charge in [-0.15, -0.1) is 0 Å². The normalized spacial score (nSPS) is 32.9. The zero-order chi connectivity index (χ0) is 12.6. The molecular weight excluding hydrogens is 231 g/mol. The summed E-state index contributed by atoms with van der Waals surface area (Å²) < 4.78 is 14.6. The van der Waals surface area contributed by atoms with Crippen LogP contribution in [0, 0.1) is 5.92 Å². The van der Waals surface area contributed by atoms with Crippen molar-refractivity contribution in [1.82, 2.24) is 9.55 Å². The standard InChI is InChI=1S/C10H13FN2O4/c11-8-5(4-14)3-6(9(8)16)13-2-1-7(15)12-10(13)17/h1-2,5-6,8-9,14,16H,3-4H2,(H,12,15,17). The number of nitrogens with zero attached hydrogens (tertiary/aromatic N) is 1. The van der Waals surface area contributed by atoms with E-state index in [1.165, 1.54) is 6.20 Å². The number of nitrogens with one attached hydrogen (secondary N) is 1. The van der Waals surface area contributed by atoms with Crippen molar-refractivity contribution in [3.05, 3.63) is 33.1 Å². The maximum absolute atomic E-state index is 13.5. The SMILES string of the molecule is O=c1ccn(C2CC(CO)C(F)C2O)c(=O)[nH]1. The molecule has 0 spiro atoms. The van der Waals surface area contributed by atoms with Gasteiger partial charge in [-0.1, -0.05) is 0 Å². The van der Waals surface area contributed by atoms with E-state index in [0.29, 0.717) is 0 Å². The van der Waals surface area contributed by atoms with Crippen LogP contribution in [-0.2, 0) is 0 Å². The van der Waals surface area contributed by atoms with Crippen molar-refractivity contribution in [1.29, 1.82) is 0 Å². The molecule has 0 aromatic carbocycles. The fraction of sp³-hybridized carbons (Fsp3) is 0.600. The fourth-order valence-electron chi connectivity index (χ4n) is 2.21. The predicted molar refractivity (Wildman–Crippen MR) is 56.5 cm³/mol. The minimum atomic E-state index is -1.57. The lowest BCUT2D eigenvalue weighted by Gasteiger charge is -2.17. The molecule has 4 unspecified atom stereocenters. The topological polar surface area (TPSA) is 95.3 Å². The van der Waals surface area contributed by atoms with Crippen molar-refractivity contribution in [2.75, 3.05) is 6.61 Å². The Balaban J connectivity index is 2.35. The monoisotopic (exact) mass is 244 g/mol. The molecule has 2 rings (SSSR count). The smallest absolute Gasteiger partial charge is 0.328 e. The third-order valence-electron chi connectivity index (χ3n) is 3.16. The van der Waals surface area contributed by atoms with Crippen LogP contribution in [0.5, 0.6) is 0 Å². The number of hydrogen-bond acceptors (Lipinski definition) is 4. The molecule has 1 aliphatic carbocycles. The van der Waals surface area contributed by atoms with Crippen LogP contribution in [-0.4, -0.2) is 38.6 Å². The van der Waals surface area contributed by atoms with Crippen molar-refractivity contribution in [2.45, 2.75) is 24.7 Å². The highest BCUT2D eigenvalue weighted by molar-refractivity contribution is 4.97. The zero-order valence-electron chi connectivity index (χ0n) is 8.91. The molecule has 0 aliphatic heterocycles. The second kappa shape index (κ2) is 4.42. The van der Waals surface area contributed by atoms with Gasteiger partial charge < -0.3 is 10.2 Å². The van der Waals surface area contributed by atoms with E-state index in [1.54, 1.807) is 0 Å². The molecule has 1 aromatic heterocycles. The van der Waals surface area contributed by atoms with Gasteiger partial charge in [-0.25, -0.2) is 9.18 Å². The predicted octanol–water partition coefficient (Wildman–Crippen LogP) is -1.21. The fourth-order valence-corrected chi connectivity index (χ4v) is 2.21. The van der Waals surface area contributed by atoms with E-state index in [0.717, 1.165) is 10.6 Å². The summed E-state index contributed by atoms with van der Waals surface area (Å²) in [6.07, 6.45) is -1.54. The molecule has 3 N–H and O–H groups in total. The third kappa shape index (κ3) is 2.03. The first kappa shape index (κ1) is 12.0. The van der Waals surface area contributed by atoms with Crippen molar-refractivity contribution in [2.24, 2.45) is 5.92 Å². The molecule has 1 aromatic rings. The number of aliphatic hydroxyl groups is 2. The molecule has 0 radical (unpaired) electrons. The minimum Gasteiger partial charge on any atom is -0.396 e. The number of aliphatic hydroxyl groups excluding tert-OH is 2. The molecule has 4 atom stereocenters. The second-order valence-corrected chi connectivity index (χ2v) is 4.20. The Bertz CT molecular complexity index is 512. The highest BCUT2D eigenvalue weighted by Gasteiger charge is 2.43. The first-order chi connectivity index (χ1) is 8.04. The van der Waals surface area contributed by atoms with Gasteiger partial charge in [0, 0.05) is 24.8 Å². The molecule has 0 amide bonds. The molecule has 6 nitrogen and oxygen atoms in total. The first-order valence-corrected chi connectivity index (χ1v) is 5.29. The third-order valence-corrected chi connectivity index (χ3v) is 3.16. The maximum Gasteiger partial charge on any atom is 0.328 e. The van der Waals surface area contributed by atoms with Crippen molar-refractivity contribution >= 4 is 0 Å². The number of aromatic amines is 1. The lowest BCUT2D eigenvalue weighted by Crippen LogP contribution is -2.36. The maximum atomic E-state index is 13.5. The summed E-state index contributed by atoms with van der Waals surface area (Å²) in [5.74, 6) is -0.686. The highest BCUT2D eigenvalue weighted by atomic mass is 19.1. The van der Waals surface area contributed by atoms with Crippen molar-refractivity contribution < 1.29 is 14.6 Å². The molecular formula is C10H13FN2O4. The summed E-state index contributed by atoms with van der Waals surface area (Å²) in [6.45, 7) is -0.382. The van der Waals surface area contributed by atoms with Gasteiger partial charge in [-0.05, 0) is 6.42 Å². The highest BCUT2D eigenvalue weighted by Crippen LogP contribution is 2.36. The van der Waals surface area contributed by atoms with Gasteiger partial charge in [0.15, 0.2) is 0 Å². The molecule has 0 saturated heterocycles. The zero-order valence-corrected chi connectivity index (χ0v) is 8.91. The van der Waals surface area contributed by atoms with Crippen LogP contribution in [0.25, 0.3) is 0 Å². The Morgan fingerprint density at radius 3 is 2.76 bits per heavy atom. The van der Waals surface area contributed by atoms with Crippen LogP contribution in [0.2, 0.25) is 0 Å². The van der Waals surface area contributed by atoms with Gasteiger partial charge in [-0.3, -0.25) is 14.3 Å². The van der Waals surface area contributed by atoms with E-state index in [2.05, 4.69) is 0 Å². The van der Waals surface area contributed by atoms with Crippen molar-refractivity contribution in [3.8, 4) is 0 Å². The largest absolute Gasteiger partial charge is 0.396 e. The second-order valence-electron chi connectivity index (χ2n) is 4.20. The Labute approximate surface area is 95.3 Å². The Kier molecular flexibility index (Phi) is 3.12. The van der Waals surface area contributed by atoms with Gasteiger partial charge in [0.05, 0.1) is 6.04 Å². The number of rotatable bonds is 2. The van der Waals surface area contributed by atoms with Gasteiger partial charge in [0.1, 0.15) is 12.3 Å². The molecule has 1 saturated carbocycles. The Hall–Kier alpha value is -1.47. The number of alkyl halides is 1. The van der Waals surface area contributed by atoms with Gasteiger partial charge in [0.2, 0.25) is 0 Å². The summed E-state index contributed by atoms with van der Waals surface area (Å²) in [5.41, 5.74) is -1.23. The van der Waals surface area contributed by atoms with E-state index in [1.807, 2.05) is 4.98 Å². The number of aromatic nitrogens is 2. The van der Waals surface area contributed by atoms with E-state index in [4.69, 9.17) is 5.11 Å². The van der Waals surface area contributed by atoms with Crippen LogP contribution in [0.3, 0.4) is 0 Å². The van der Waals surface area contributed by atoms with Crippen LogP contribution in [0.1, 0.15) is 12.5 Å².